The fourth-order valence-corrected chi connectivity index (χ4v) is 7.92. The van der Waals surface area contributed by atoms with Crippen molar-refractivity contribution in [2.45, 2.75) is 129 Å². The van der Waals surface area contributed by atoms with Crippen LogP contribution < -0.4 is 0 Å². The number of pyridine rings is 1. The Labute approximate surface area is 224 Å². The smallest absolute Gasteiger partial charge is 0.192 e. The van der Waals surface area contributed by atoms with Gasteiger partial charge in [0.1, 0.15) is 11.9 Å². The summed E-state index contributed by atoms with van der Waals surface area (Å²) in [6, 6.07) is 6.91. The molecule has 3 aliphatic rings. The molecule has 37 heavy (non-hydrogen) atoms. The summed E-state index contributed by atoms with van der Waals surface area (Å²) in [5.41, 5.74) is 7.16. The summed E-state index contributed by atoms with van der Waals surface area (Å²) in [7, 11) is -2.04. The van der Waals surface area contributed by atoms with E-state index < -0.39 is 8.32 Å². The quantitative estimate of drug-likeness (QED) is 0.374. The highest BCUT2D eigenvalue weighted by molar-refractivity contribution is 6.74. The topological polar surface area (TPSA) is 31.4 Å². The van der Waals surface area contributed by atoms with E-state index in [1.165, 1.54) is 35.2 Å². The Kier molecular flexibility index (Phi) is 6.57. The van der Waals surface area contributed by atoms with E-state index in [9.17, 15) is 4.39 Å². The van der Waals surface area contributed by atoms with Crippen molar-refractivity contribution < 1.29 is 13.6 Å². The number of hydrogen-bond acceptors (Lipinski definition) is 3. The molecule has 2 aliphatic carbocycles. The summed E-state index contributed by atoms with van der Waals surface area (Å²) in [5, 5.41) is 0.126. The van der Waals surface area contributed by atoms with Crippen LogP contribution in [-0.4, -0.2) is 13.3 Å². The van der Waals surface area contributed by atoms with Gasteiger partial charge in [-0.25, -0.2) is 4.39 Å². The second kappa shape index (κ2) is 8.99. The van der Waals surface area contributed by atoms with Crippen LogP contribution in [0.25, 0.3) is 0 Å². The van der Waals surface area contributed by atoms with Crippen LogP contribution in [0.4, 0.5) is 4.39 Å². The number of halogens is 1. The van der Waals surface area contributed by atoms with E-state index in [1.807, 2.05) is 12.1 Å². The van der Waals surface area contributed by atoms with E-state index in [0.29, 0.717) is 0 Å². The molecule has 0 saturated heterocycles. The summed E-state index contributed by atoms with van der Waals surface area (Å²) in [6.07, 6.45) is 6.17. The van der Waals surface area contributed by atoms with Crippen molar-refractivity contribution in [1.82, 2.24) is 4.98 Å². The van der Waals surface area contributed by atoms with Crippen molar-refractivity contribution in [3.63, 3.8) is 0 Å². The molecule has 5 rings (SSSR count). The molecule has 0 amide bonds. The van der Waals surface area contributed by atoms with Gasteiger partial charge in [-0.3, -0.25) is 4.98 Å². The number of nitrogens with zero attached hydrogens (tertiary/aromatic N) is 1. The molecule has 1 aromatic carbocycles. The summed E-state index contributed by atoms with van der Waals surface area (Å²) in [4.78, 5) is 5.45. The minimum Gasteiger partial charge on any atom is -0.410 e. The number of fused-ring (bicyclic) bond motifs is 4. The minimum absolute atomic E-state index is 0.0233. The van der Waals surface area contributed by atoms with Crippen molar-refractivity contribution in [3.8, 4) is 0 Å². The summed E-state index contributed by atoms with van der Waals surface area (Å²) >= 11 is 0. The van der Waals surface area contributed by atoms with Gasteiger partial charge in [0.25, 0.3) is 0 Å². The Bertz CT molecular complexity index is 1170. The minimum atomic E-state index is -2.04. The zero-order valence-electron chi connectivity index (χ0n) is 24.4. The molecule has 0 unspecified atom stereocenters. The van der Waals surface area contributed by atoms with Gasteiger partial charge in [0.2, 0.25) is 0 Å². The zero-order chi connectivity index (χ0) is 27.0. The van der Waals surface area contributed by atoms with Crippen molar-refractivity contribution in [2.75, 3.05) is 0 Å². The average Bonchev–Trinajstić information content (AvgIpc) is 3.37. The first-order valence-electron chi connectivity index (χ1n) is 14.3. The van der Waals surface area contributed by atoms with Crippen LogP contribution in [0.1, 0.15) is 132 Å². The normalized spacial score (nSPS) is 24.5. The van der Waals surface area contributed by atoms with Gasteiger partial charge < -0.3 is 9.16 Å². The Hall–Kier alpha value is -1.56. The van der Waals surface area contributed by atoms with Gasteiger partial charge in [-0.2, -0.15) is 0 Å². The predicted molar refractivity (Wildman–Crippen MR) is 151 cm³/mol. The van der Waals surface area contributed by atoms with Crippen molar-refractivity contribution in [2.24, 2.45) is 5.41 Å². The Morgan fingerprint density at radius 2 is 1.68 bits per heavy atom. The van der Waals surface area contributed by atoms with Crippen LogP contribution in [-0.2, 0) is 21.2 Å². The van der Waals surface area contributed by atoms with Gasteiger partial charge in [0, 0.05) is 22.5 Å². The van der Waals surface area contributed by atoms with Crippen LogP contribution in [0, 0.1) is 11.2 Å². The molecular weight excluding hydrogens is 477 g/mol. The standard InChI is InChI=1S/C32H46FNO2Si/c1-20(2)28-26-27(32(16-10-11-17-32)35-29(26)21-12-14-22(33)15-13-21)25-23(34-28)18-31(6,7)19-24(25)36-37(8,9)30(3,4)5/h12-15,20,24,29H,10-11,16-19H2,1-9H3/t24-,29+/m0/s1. The molecule has 3 nitrogen and oxygen atoms in total. The maximum Gasteiger partial charge on any atom is 0.192 e. The summed E-state index contributed by atoms with van der Waals surface area (Å²) in [5.74, 6) is 0.0576. The first kappa shape index (κ1) is 27.0. The molecule has 202 valence electrons. The third kappa shape index (κ3) is 4.63. The zero-order valence-corrected chi connectivity index (χ0v) is 25.4. The van der Waals surface area contributed by atoms with Gasteiger partial charge in [0.05, 0.1) is 11.7 Å². The third-order valence-corrected chi connectivity index (χ3v) is 14.0. The van der Waals surface area contributed by atoms with Crippen LogP contribution in [0.2, 0.25) is 18.1 Å². The highest BCUT2D eigenvalue weighted by atomic mass is 28.4. The van der Waals surface area contributed by atoms with Crippen molar-refractivity contribution >= 4 is 8.32 Å². The highest BCUT2D eigenvalue weighted by Gasteiger charge is 2.54. The van der Waals surface area contributed by atoms with Crippen molar-refractivity contribution in [3.05, 3.63) is 63.7 Å². The van der Waals surface area contributed by atoms with Crippen molar-refractivity contribution in [1.29, 1.82) is 0 Å². The lowest BCUT2D eigenvalue weighted by atomic mass is 9.70. The molecule has 1 fully saturated rings. The summed E-state index contributed by atoms with van der Waals surface area (Å²) in [6.45, 7) is 20.9. The van der Waals surface area contributed by atoms with E-state index in [1.54, 1.807) is 12.1 Å². The van der Waals surface area contributed by atoms with Crippen LogP contribution in [0.15, 0.2) is 24.3 Å². The fourth-order valence-electron chi connectivity index (χ4n) is 6.65. The van der Waals surface area contributed by atoms with Gasteiger partial charge in [0.15, 0.2) is 8.32 Å². The van der Waals surface area contributed by atoms with Gasteiger partial charge >= 0.3 is 0 Å². The highest BCUT2D eigenvalue weighted by Crippen LogP contribution is 2.60. The molecule has 1 spiro atoms. The van der Waals surface area contributed by atoms with E-state index in [-0.39, 0.29) is 40.0 Å². The van der Waals surface area contributed by atoms with Crippen LogP contribution in [0.5, 0.6) is 0 Å². The second-order valence-electron chi connectivity index (χ2n) is 14.5. The van der Waals surface area contributed by atoms with E-state index in [4.69, 9.17) is 14.1 Å². The first-order chi connectivity index (χ1) is 17.1. The largest absolute Gasteiger partial charge is 0.410 e. The molecule has 2 heterocycles. The molecule has 2 atom stereocenters. The van der Waals surface area contributed by atoms with E-state index in [0.717, 1.165) is 36.9 Å². The Balaban J connectivity index is 1.78. The molecule has 0 radical (unpaired) electrons. The van der Waals surface area contributed by atoms with Gasteiger partial charge in [-0.05, 0) is 78.4 Å². The molecule has 1 saturated carbocycles. The molecule has 1 aliphatic heterocycles. The lowest BCUT2D eigenvalue weighted by molar-refractivity contribution is -0.0579. The van der Waals surface area contributed by atoms with E-state index in [2.05, 4.69) is 61.6 Å². The number of aromatic nitrogens is 1. The molecule has 5 heteroatoms. The number of ether oxygens (including phenoxy) is 1. The molecular formula is C32H46FNO2Si. The maximum absolute atomic E-state index is 13.9. The lowest BCUT2D eigenvalue weighted by Gasteiger charge is -2.45. The number of rotatable bonds is 4. The van der Waals surface area contributed by atoms with E-state index >= 15 is 0 Å². The molecule has 2 aromatic rings. The average molecular weight is 524 g/mol. The SMILES string of the molecule is CC(C)c1nc2c(c3c1[C@@H](c1ccc(F)cc1)OC31CCCC1)[C@@H](O[Si](C)(C)C(C)(C)C)CC(C)(C)C2. The third-order valence-electron chi connectivity index (χ3n) is 9.52. The predicted octanol–water partition coefficient (Wildman–Crippen LogP) is 9.27. The molecule has 0 bridgehead atoms. The number of hydrogen-bond donors (Lipinski definition) is 0. The first-order valence-corrected chi connectivity index (χ1v) is 17.2. The Morgan fingerprint density at radius 3 is 2.24 bits per heavy atom. The van der Waals surface area contributed by atoms with Gasteiger partial charge in [-0.15, -0.1) is 0 Å². The second-order valence-corrected chi connectivity index (χ2v) is 19.2. The van der Waals surface area contributed by atoms with Gasteiger partial charge in [-0.1, -0.05) is 73.4 Å². The van der Waals surface area contributed by atoms with Crippen LogP contribution in [0.3, 0.4) is 0 Å². The lowest BCUT2D eigenvalue weighted by Crippen LogP contribution is -2.44. The molecule has 0 N–H and O–H groups in total. The summed E-state index contributed by atoms with van der Waals surface area (Å²) < 4.78 is 28.3. The Morgan fingerprint density at radius 1 is 1.05 bits per heavy atom. The van der Waals surface area contributed by atoms with Crippen LogP contribution >= 0.6 is 0 Å². The monoisotopic (exact) mass is 523 g/mol. The fraction of sp³-hybridized carbons (Fsp3) is 0.656. The number of benzene rings is 1. The maximum atomic E-state index is 13.9. The molecule has 1 aromatic heterocycles.